The molecule has 0 radical (unpaired) electrons. The molecule has 1 saturated carbocycles. The number of hydrogen-bond acceptors (Lipinski definition) is 3. The lowest BCUT2D eigenvalue weighted by molar-refractivity contribution is 0.00918. The average Bonchev–Trinajstić information content (AvgIpc) is 2.50. The van der Waals surface area contributed by atoms with Crippen LogP contribution in [0.5, 0.6) is 0 Å². The molecule has 1 amide bonds. The quantitative estimate of drug-likeness (QED) is 0.791. The van der Waals surface area contributed by atoms with E-state index in [1.807, 2.05) is 19.1 Å². The molecule has 1 heterocycles. The van der Waals surface area contributed by atoms with Crippen molar-refractivity contribution in [2.45, 2.75) is 44.8 Å². The van der Waals surface area contributed by atoms with Gasteiger partial charge in [0.05, 0.1) is 16.7 Å². The zero-order chi connectivity index (χ0) is 16.4. The van der Waals surface area contributed by atoms with Crippen LogP contribution in [0.1, 0.15) is 41.6 Å². The number of carbonyl (C=O) groups excluding carboxylic acids is 1. The smallest absolute Gasteiger partial charge is 0.253 e. The molecular weight excluding hydrogens is 312 g/mol. The molecule has 3 rings (SSSR count). The Hall–Kier alpha value is -1.10. The molecule has 1 saturated heterocycles. The molecule has 2 aliphatic rings. The Balaban J connectivity index is 1.76. The van der Waals surface area contributed by atoms with Gasteiger partial charge in [0.15, 0.2) is 0 Å². The van der Waals surface area contributed by atoms with E-state index in [0.717, 1.165) is 44.3 Å². The number of piperidine rings is 1. The zero-order valence-corrected chi connectivity index (χ0v) is 14.3. The van der Waals surface area contributed by atoms with Crippen LogP contribution in [0.25, 0.3) is 0 Å². The van der Waals surface area contributed by atoms with Gasteiger partial charge in [-0.2, -0.15) is 0 Å². The highest BCUT2D eigenvalue weighted by Crippen LogP contribution is 2.36. The number of hydrogen-bond donors (Lipinski definition) is 3. The fraction of sp³-hybridized carbons (Fsp3) is 0.611. The van der Waals surface area contributed by atoms with Crippen molar-refractivity contribution >= 4 is 17.5 Å². The molecule has 1 atom stereocenters. The third-order valence-electron chi connectivity index (χ3n) is 5.30. The summed E-state index contributed by atoms with van der Waals surface area (Å²) in [6.07, 6.45) is 3.51. The molecular formula is C18H25ClN2O2. The van der Waals surface area contributed by atoms with Crippen LogP contribution in [-0.2, 0) is 0 Å². The molecule has 0 aromatic heterocycles. The highest BCUT2D eigenvalue weighted by molar-refractivity contribution is 6.34. The first kappa shape index (κ1) is 16.7. The van der Waals surface area contributed by atoms with Gasteiger partial charge in [-0.3, -0.25) is 4.79 Å². The Morgan fingerprint density at radius 1 is 1.30 bits per heavy atom. The summed E-state index contributed by atoms with van der Waals surface area (Å²) in [6.45, 7) is 3.91. The van der Waals surface area contributed by atoms with Crippen LogP contribution in [0.15, 0.2) is 18.2 Å². The molecule has 5 heteroatoms. The minimum absolute atomic E-state index is 0.0852. The summed E-state index contributed by atoms with van der Waals surface area (Å²) in [5.41, 5.74) is 1.47. The van der Waals surface area contributed by atoms with Gasteiger partial charge in [0.2, 0.25) is 0 Å². The second kappa shape index (κ2) is 7.20. The fourth-order valence-corrected chi connectivity index (χ4v) is 4.20. The second-order valence-corrected chi connectivity index (χ2v) is 7.31. The maximum Gasteiger partial charge on any atom is 0.253 e. The van der Waals surface area contributed by atoms with Gasteiger partial charge < -0.3 is 15.7 Å². The average molecular weight is 337 g/mol. The van der Waals surface area contributed by atoms with Crippen molar-refractivity contribution < 1.29 is 9.90 Å². The topological polar surface area (TPSA) is 61.4 Å². The first-order valence-electron chi connectivity index (χ1n) is 8.51. The van der Waals surface area contributed by atoms with E-state index in [9.17, 15) is 9.90 Å². The van der Waals surface area contributed by atoms with Gasteiger partial charge in [-0.25, -0.2) is 0 Å². The summed E-state index contributed by atoms with van der Waals surface area (Å²) >= 11 is 6.23. The van der Waals surface area contributed by atoms with Crippen LogP contribution < -0.4 is 10.6 Å². The number of aliphatic hydroxyl groups is 1. The van der Waals surface area contributed by atoms with Crippen molar-refractivity contribution in [3.63, 3.8) is 0 Å². The van der Waals surface area contributed by atoms with Crippen molar-refractivity contribution in [1.82, 2.24) is 10.6 Å². The first-order chi connectivity index (χ1) is 11.1. The van der Waals surface area contributed by atoms with Gasteiger partial charge in [0.1, 0.15) is 0 Å². The highest BCUT2D eigenvalue weighted by atomic mass is 35.5. The molecule has 2 fully saturated rings. The molecule has 1 aliphatic carbocycles. The largest absolute Gasteiger partial charge is 0.393 e. The van der Waals surface area contributed by atoms with E-state index in [1.165, 1.54) is 0 Å². The predicted octanol–water partition coefficient (Wildman–Crippen LogP) is 2.52. The van der Waals surface area contributed by atoms with Crippen LogP contribution in [0.4, 0.5) is 0 Å². The molecule has 126 valence electrons. The summed E-state index contributed by atoms with van der Waals surface area (Å²) < 4.78 is 0. The van der Waals surface area contributed by atoms with E-state index in [1.54, 1.807) is 6.07 Å². The summed E-state index contributed by atoms with van der Waals surface area (Å²) in [6, 6.07) is 5.66. The molecule has 0 unspecified atom stereocenters. The van der Waals surface area contributed by atoms with Gasteiger partial charge in [-0.15, -0.1) is 0 Å². The minimum Gasteiger partial charge on any atom is -0.393 e. The molecule has 1 aliphatic heterocycles. The second-order valence-electron chi connectivity index (χ2n) is 6.90. The maximum atomic E-state index is 12.8. The van der Waals surface area contributed by atoms with E-state index >= 15 is 0 Å². The van der Waals surface area contributed by atoms with E-state index in [0.29, 0.717) is 22.4 Å². The van der Waals surface area contributed by atoms with Crippen LogP contribution in [0, 0.1) is 18.8 Å². The minimum atomic E-state index is -0.205. The van der Waals surface area contributed by atoms with Crippen molar-refractivity contribution in [3.8, 4) is 0 Å². The third-order valence-corrected chi connectivity index (χ3v) is 5.61. The lowest BCUT2D eigenvalue weighted by atomic mass is 9.71. The van der Waals surface area contributed by atoms with E-state index in [-0.39, 0.29) is 18.1 Å². The molecule has 4 nitrogen and oxygen atoms in total. The van der Waals surface area contributed by atoms with Gasteiger partial charge in [-0.05, 0) is 69.2 Å². The first-order valence-corrected chi connectivity index (χ1v) is 8.89. The molecule has 1 aromatic carbocycles. The number of halogens is 1. The maximum absolute atomic E-state index is 12.8. The fourth-order valence-electron chi connectivity index (χ4n) is 3.89. The van der Waals surface area contributed by atoms with Crippen molar-refractivity contribution in [2.75, 3.05) is 13.1 Å². The normalized spacial score (nSPS) is 26.4. The van der Waals surface area contributed by atoms with Crippen LogP contribution in [-0.4, -0.2) is 36.2 Å². The van der Waals surface area contributed by atoms with Crippen LogP contribution in [0.2, 0.25) is 5.02 Å². The number of nitrogens with one attached hydrogen (secondary N) is 2. The number of benzene rings is 1. The molecule has 23 heavy (non-hydrogen) atoms. The number of aryl methyl sites for hydroxylation is 1. The molecule has 0 bridgehead atoms. The highest BCUT2D eigenvalue weighted by Gasteiger charge is 2.39. The molecule has 1 aromatic rings. The van der Waals surface area contributed by atoms with Crippen molar-refractivity contribution in [3.05, 3.63) is 34.3 Å². The summed E-state index contributed by atoms with van der Waals surface area (Å²) in [7, 11) is 0. The number of rotatable bonds is 4. The van der Waals surface area contributed by atoms with E-state index < -0.39 is 0 Å². The zero-order valence-electron chi connectivity index (χ0n) is 13.5. The molecule has 3 N–H and O–H groups in total. The van der Waals surface area contributed by atoms with E-state index in [2.05, 4.69) is 10.6 Å². The summed E-state index contributed by atoms with van der Waals surface area (Å²) in [5, 5.41) is 16.8. The summed E-state index contributed by atoms with van der Waals surface area (Å²) in [4.78, 5) is 12.8. The number of carbonyl (C=O) groups is 1. The molecule has 0 spiro atoms. The van der Waals surface area contributed by atoms with Crippen LogP contribution >= 0.6 is 11.6 Å². The van der Waals surface area contributed by atoms with Gasteiger partial charge in [0.25, 0.3) is 5.91 Å². The Morgan fingerprint density at radius 2 is 2.00 bits per heavy atom. The van der Waals surface area contributed by atoms with Crippen molar-refractivity contribution in [2.24, 2.45) is 11.8 Å². The summed E-state index contributed by atoms with van der Waals surface area (Å²) in [5.74, 6) is 0.762. The van der Waals surface area contributed by atoms with Gasteiger partial charge in [-0.1, -0.05) is 23.7 Å². The Morgan fingerprint density at radius 3 is 2.61 bits per heavy atom. The predicted molar refractivity (Wildman–Crippen MR) is 91.8 cm³/mol. The Bertz CT molecular complexity index is 546. The van der Waals surface area contributed by atoms with Gasteiger partial charge in [0, 0.05) is 6.04 Å². The third kappa shape index (κ3) is 3.70. The SMILES string of the molecule is Cc1cccc(Cl)c1C(=O)N[C@@H](C1CCNCC1)C1CC(O)C1. The lowest BCUT2D eigenvalue weighted by Gasteiger charge is -2.43. The van der Waals surface area contributed by atoms with Gasteiger partial charge >= 0.3 is 0 Å². The number of amides is 1. The van der Waals surface area contributed by atoms with Crippen LogP contribution in [0.3, 0.4) is 0 Å². The lowest BCUT2D eigenvalue weighted by Crippen LogP contribution is -2.53. The number of aliphatic hydroxyl groups excluding tert-OH is 1. The van der Waals surface area contributed by atoms with E-state index in [4.69, 9.17) is 11.6 Å². The Kier molecular flexibility index (Phi) is 5.24. The monoisotopic (exact) mass is 336 g/mol. The van der Waals surface area contributed by atoms with Crippen molar-refractivity contribution in [1.29, 1.82) is 0 Å². The standard InChI is InChI=1S/C18H25ClN2O2/c1-11-3-2-4-15(19)16(11)18(23)21-17(13-9-14(22)10-13)12-5-7-20-8-6-12/h2-4,12-14,17,20,22H,5-10H2,1H3,(H,21,23)/t13?,14?,17-/m0/s1. The Labute approximate surface area is 142 Å².